The number of hydrogen-bond donors (Lipinski definition) is 0. The van der Waals surface area contributed by atoms with Gasteiger partial charge in [-0.15, -0.1) is 0 Å². The number of para-hydroxylation sites is 1. The molecule has 108 valence electrons. The minimum atomic E-state index is -0.771. The molecule has 0 N–H and O–H groups in total. The summed E-state index contributed by atoms with van der Waals surface area (Å²) >= 11 is 0. The summed E-state index contributed by atoms with van der Waals surface area (Å²) in [6, 6.07) is 7.76. The number of benzene rings is 1. The maximum absolute atomic E-state index is 12.2. The van der Waals surface area contributed by atoms with Gasteiger partial charge in [-0.1, -0.05) is 12.1 Å². The van der Waals surface area contributed by atoms with Gasteiger partial charge in [0, 0.05) is 12.3 Å². The zero-order valence-corrected chi connectivity index (χ0v) is 11.2. The van der Waals surface area contributed by atoms with E-state index in [4.69, 9.17) is 4.74 Å². The van der Waals surface area contributed by atoms with Crippen LogP contribution in [-0.2, 0) is 6.54 Å². The van der Waals surface area contributed by atoms with Gasteiger partial charge in [-0.3, -0.25) is 19.7 Å². The molecule has 0 fully saturated rings. The van der Waals surface area contributed by atoms with Crippen LogP contribution in [0.15, 0.2) is 47.5 Å². The molecule has 0 saturated carbocycles. The van der Waals surface area contributed by atoms with E-state index < -0.39 is 16.0 Å². The number of nitro groups is 1. The van der Waals surface area contributed by atoms with Gasteiger partial charge in [-0.25, -0.2) is 0 Å². The third-order valence-electron chi connectivity index (χ3n) is 2.89. The Morgan fingerprint density at radius 1 is 1.33 bits per heavy atom. The average Bonchev–Trinajstić information content (AvgIpc) is 2.48. The molecule has 0 spiro atoms. The van der Waals surface area contributed by atoms with Crippen LogP contribution in [0.4, 0.5) is 5.69 Å². The van der Waals surface area contributed by atoms with Crippen LogP contribution in [0.3, 0.4) is 0 Å². The van der Waals surface area contributed by atoms with E-state index in [1.165, 1.54) is 17.9 Å². The molecule has 1 heterocycles. The van der Waals surface area contributed by atoms with E-state index in [0.29, 0.717) is 11.3 Å². The van der Waals surface area contributed by atoms with Crippen molar-refractivity contribution in [2.24, 2.45) is 0 Å². The highest BCUT2D eigenvalue weighted by molar-refractivity contribution is 5.98. The lowest BCUT2D eigenvalue weighted by molar-refractivity contribution is -0.386. The van der Waals surface area contributed by atoms with Crippen LogP contribution in [0.25, 0.3) is 0 Å². The third kappa shape index (κ3) is 3.14. The number of ether oxygens (including phenoxy) is 1. The number of carbonyl (C=O) groups excluding carboxylic acids is 1. The number of nitrogens with zero attached hydrogens (tertiary/aromatic N) is 2. The Labute approximate surface area is 119 Å². The standard InChI is InChI=1S/C14H12N2O5/c1-21-14-5-3-2-4-10(14)13(18)9-15-7-6-12(17)11(8-15)16(19)20/h2-8H,9H2,1H3. The fraction of sp³-hybridized carbons (Fsp3) is 0.143. The van der Waals surface area contributed by atoms with E-state index in [1.807, 2.05) is 0 Å². The van der Waals surface area contributed by atoms with Gasteiger partial charge >= 0.3 is 5.69 Å². The first-order chi connectivity index (χ1) is 10.0. The number of pyridine rings is 1. The molecule has 0 saturated heterocycles. The molecule has 2 rings (SSSR count). The fourth-order valence-electron chi connectivity index (χ4n) is 1.87. The molecule has 2 aromatic rings. The summed E-state index contributed by atoms with van der Waals surface area (Å²) in [6.45, 7) is -0.124. The molecule has 7 heteroatoms. The highest BCUT2D eigenvalue weighted by Crippen LogP contribution is 2.18. The Morgan fingerprint density at radius 2 is 2.05 bits per heavy atom. The highest BCUT2D eigenvalue weighted by Gasteiger charge is 2.15. The number of Topliss-reactive ketones (excluding diaryl/α,β-unsaturated/α-hetero) is 1. The van der Waals surface area contributed by atoms with Gasteiger partial charge in [0.2, 0.25) is 0 Å². The number of hydrogen-bond acceptors (Lipinski definition) is 5. The van der Waals surface area contributed by atoms with Gasteiger partial charge in [-0.05, 0) is 12.1 Å². The SMILES string of the molecule is COc1ccccc1C(=O)Cn1ccc(=O)c([N+](=O)[O-])c1. The second-order valence-corrected chi connectivity index (χ2v) is 4.25. The first kappa shape index (κ1) is 14.4. The van der Waals surface area contributed by atoms with Crippen molar-refractivity contribution in [1.29, 1.82) is 0 Å². The van der Waals surface area contributed by atoms with E-state index in [1.54, 1.807) is 24.3 Å². The predicted molar refractivity (Wildman–Crippen MR) is 74.7 cm³/mol. The van der Waals surface area contributed by atoms with Crippen LogP contribution in [0.5, 0.6) is 5.75 Å². The second-order valence-electron chi connectivity index (χ2n) is 4.25. The van der Waals surface area contributed by atoms with Crippen molar-refractivity contribution >= 4 is 11.5 Å². The van der Waals surface area contributed by atoms with Crippen LogP contribution in [0, 0.1) is 10.1 Å². The van der Waals surface area contributed by atoms with Crippen molar-refractivity contribution < 1.29 is 14.5 Å². The molecule has 1 aromatic carbocycles. The molecular weight excluding hydrogens is 276 g/mol. The summed E-state index contributed by atoms with van der Waals surface area (Å²) in [5, 5.41) is 10.7. The summed E-state index contributed by atoms with van der Waals surface area (Å²) in [6.07, 6.45) is 2.39. The van der Waals surface area contributed by atoms with Crippen molar-refractivity contribution in [2.75, 3.05) is 7.11 Å². The minimum absolute atomic E-state index is 0.124. The normalized spacial score (nSPS) is 10.1. The largest absolute Gasteiger partial charge is 0.496 e. The lowest BCUT2D eigenvalue weighted by atomic mass is 10.1. The molecule has 0 unspecified atom stereocenters. The van der Waals surface area contributed by atoms with E-state index >= 15 is 0 Å². The number of ketones is 1. The zero-order chi connectivity index (χ0) is 15.4. The lowest BCUT2D eigenvalue weighted by Gasteiger charge is -2.08. The molecule has 0 amide bonds. The van der Waals surface area contributed by atoms with E-state index in [0.717, 1.165) is 12.3 Å². The molecule has 0 radical (unpaired) electrons. The molecule has 0 atom stereocenters. The Morgan fingerprint density at radius 3 is 2.71 bits per heavy atom. The maximum Gasteiger partial charge on any atom is 0.332 e. The monoisotopic (exact) mass is 288 g/mol. The Hall–Kier alpha value is -2.96. The first-order valence-corrected chi connectivity index (χ1v) is 6.03. The fourth-order valence-corrected chi connectivity index (χ4v) is 1.87. The first-order valence-electron chi connectivity index (χ1n) is 6.03. The lowest BCUT2D eigenvalue weighted by Crippen LogP contribution is -2.15. The van der Waals surface area contributed by atoms with Crippen LogP contribution in [-0.4, -0.2) is 22.4 Å². The van der Waals surface area contributed by atoms with Gasteiger partial charge < -0.3 is 9.30 Å². The molecule has 0 bridgehead atoms. The van der Waals surface area contributed by atoms with Gasteiger partial charge in [0.15, 0.2) is 5.78 Å². The van der Waals surface area contributed by atoms with Crippen molar-refractivity contribution in [1.82, 2.24) is 4.57 Å². The Kier molecular flexibility index (Phi) is 4.13. The van der Waals surface area contributed by atoms with Crippen LogP contribution < -0.4 is 10.2 Å². The molecule has 1 aromatic heterocycles. The van der Waals surface area contributed by atoms with Crippen LogP contribution in [0.2, 0.25) is 0 Å². The second kappa shape index (κ2) is 6.00. The summed E-state index contributed by atoms with van der Waals surface area (Å²) < 4.78 is 6.40. The number of aromatic nitrogens is 1. The Bertz CT molecular complexity index is 751. The molecule has 7 nitrogen and oxygen atoms in total. The van der Waals surface area contributed by atoms with E-state index in [-0.39, 0.29) is 12.3 Å². The predicted octanol–water partition coefficient (Wildman–Crippen LogP) is 1.65. The summed E-state index contributed by atoms with van der Waals surface area (Å²) in [5.74, 6) is 0.156. The van der Waals surface area contributed by atoms with Gasteiger partial charge in [-0.2, -0.15) is 0 Å². The highest BCUT2D eigenvalue weighted by atomic mass is 16.6. The van der Waals surface area contributed by atoms with Crippen LogP contribution >= 0.6 is 0 Å². The summed E-state index contributed by atoms with van der Waals surface area (Å²) in [5.41, 5.74) is -0.882. The van der Waals surface area contributed by atoms with Gasteiger partial charge in [0.1, 0.15) is 5.75 Å². The van der Waals surface area contributed by atoms with Crippen LogP contribution in [0.1, 0.15) is 10.4 Å². The maximum atomic E-state index is 12.2. The molecule has 0 aliphatic carbocycles. The van der Waals surface area contributed by atoms with Crippen molar-refractivity contribution in [3.05, 3.63) is 68.6 Å². The summed E-state index contributed by atoms with van der Waals surface area (Å²) in [7, 11) is 1.45. The molecule has 0 aliphatic heterocycles. The van der Waals surface area contributed by atoms with Crippen molar-refractivity contribution in [3.8, 4) is 5.75 Å². The quantitative estimate of drug-likeness (QED) is 0.474. The smallest absolute Gasteiger partial charge is 0.332 e. The van der Waals surface area contributed by atoms with Crippen molar-refractivity contribution in [3.63, 3.8) is 0 Å². The van der Waals surface area contributed by atoms with E-state index in [2.05, 4.69) is 0 Å². The number of rotatable bonds is 5. The third-order valence-corrected chi connectivity index (χ3v) is 2.89. The zero-order valence-electron chi connectivity index (χ0n) is 11.2. The van der Waals surface area contributed by atoms with Crippen molar-refractivity contribution in [2.45, 2.75) is 6.54 Å². The topological polar surface area (TPSA) is 91.4 Å². The number of methoxy groups -OCH3 is 1. The van der Waals surface area contributed by atoms with E-state index in [9.17, 15) is 19.7 Å². The molecule has 0 aliphatic rings. The molecular formula is C14H12N2O5. The van der Waals surface area contributed by atoms with Gasteiger partial charge in [0.25, 0.3) is 5.43 Å². The van der Waals surface area contributed by atoms with Gasteiger partial charge in [0.05, 0.1) is 30.3 Å². The minimum Gasteiger partial charge on any atom is -0.496 e. The number of carbonyl (C=O) groups is 1. The average molecular weight is 288 g/mol. The Balaban J connectivity index is 2.30. The molecule has 21 heavy (non-hydrogen) atoms. The summed E-state index contributed by atoms with van der Waals surface area (Å²) in [4.78, 5) is 33.5.